The molecule has 2 N–H and O–H groups in total. The zero-order valence-corrected chi connectivity index (χ0v) is 16.8. The molecule has 6 heteroatoms. The number of piperidine rings is 1. The Labute approximate surface area is 180 Å². The summed E-state index contributed by atoms with van der Waals surface area (Å²) in [6, 6.07) is 24.0. The maximum atomic E-state index is 13.4. The second-order valence-electron chi connectivity index (χ2n) is 7.98. The lowest BCUT2D eigenvalue weighted by atomic mass is 9.72. The lowest BCUT2D eigenvalue weighted by Gasteiger charge is -2.59. The van der Waals surface area contributed by atoms with E-state index in [0.29, 0.717) is 11.3 Å². The summed E-state index contributed by atoms with van der Waals surface area (Å²) in [5.74, 6) is -0.111. The number of hydrogen-bond acceptors (Lipinski definition) is 3. The van der Waals surface area contributed by atoms with Crippen molar-refractivity contribution in [2.24, 2.45) is 0 Å². The molecule has 0 saturated carbocycles. The Hall–Kier alpha value is -3.69. The third kappa shape index (κ3) is 3.54. The fraction of sp³-hybridized carbons (Fsp3) is 0.200. The Kier molecular flexibility index (Phi) is 4.89. The van der Waals surface area contributed by atoms with E-state index in [-0.39, 0.29) is 29.8 Å². The van der Waals surface area contributed by atoms with Crippen molar-refractivity contribution in [2.45, 2.75) is 18.0 Å². The summed E-state index contributed by atoms with van der Waals surface area (Å²) >= 11 is 0. The van der Waals surface area contributed by atoms with Crippen LogP contribution in [0.15, 0.2) is 72.8 Å². The molecule has 3 aromatic carbocycles. The standard InChI is InChI=1S/C25H21FN4O/c26-20-5-2-6-21(12-20)29-25(31)30-22-14-28-15-23(30)24(22)18-9-7-17(8-10-18)19-4-1-3-16(11-19)13-27/h1-12,22-24,28H,14-15H2,(H,29,31)/t22-,23+,24?. The number of carbonyl (C=O) groups excluding carboxylic acids is 1. The van der Waals surface area contributed by atoms with E-state index >= 15 is 0 Å². The van der Waals surface area contributed by atoms with Crippen LogP contribution in [0.2, 0.25) is 0 Å². The fourth-order valence-electron chi connectivity index (χ4n) is 4.74. The van der Waals surface area contributed by atoms with Crippen LogP contribution in [-0.4, -0.2) is 36.1 Å². The summed E-state index contributed by atoms with van der Waals surface area (Å²) in [5, 5.41) is 15.3. The molecule has 0 spiro atoms. The molecule has 1 unspecified atom stereocenters. The van der Waals surface area contributed by atoms with E-state index in [2.05, 4.69) is 41.0 Å². The lowest BCUT2D eigenvalue weighted by Crippen LogP contribution is -2.74. The molecular formula is C25H21FN4O. The van der Waals surface area contributed by atoms with Crippen LogP contribution in [-0.2, 0) is 0 Å². The summed E-state index contributed by atoms with van der Waals surface area (Å²) < 4.78 is 13.4. The molecule has 0 aliphatic carbocycles. The smallest absolute Gasteiger partial charge is 0.315 e. The number of likely N-dealkylation sites (tertiary alicyclic amines) is 1. The predicted octanol–water partition coefficient (Wildman–Crippen LogP) is 4.34. The Morgan fingerprint density at radius 2 is 1.74 bits per heavy atom. The number of fused-ring (bicyclic) bond motifs is 2. The fourth-order valence-corrected chi connectivity index (χ4v) is 4.74. The Balaban J connectivity index is 1.32. The number of rotatable bonds is 3. The van der Waals surface area contributed by atoms with Gasteiger partial charge in [0.15, 0.2) is 0 Å². The summed E-state index contributed by atoms with van der Waals surface area (Å²) in [7, 11) is 0. The molecule has 3 aromatic rings. The average Bonchev–Trinajstić information content (AvgIpc) is 2.80. The van der Waals surface area contributed by atoms with Gasteiger partial charge in [0.2, 0.25) is 0 Å². The normalized spacial score (nSPS) is 21.7. The zero-order valence-electron chi connectivity index (χ0n) is 16.8. The highest BCUT2D eigenvalue weighted by Gasteiger charge is 2.53. The summed E-state index contributed by atoms with van der Waals surface area (Å²) in [6.45, 7) is 1.45. The lowest BCUT2D eigenvalue weighted by molar-refractivity contribution is 0.00202. The molecule has 2 aliphatic heterocycles. The number of nitriles is 1. The largest absolute Gasteiger partial charge is 0.322 e. The first-order valence-corrected chi connectivity index (χ1v) is 10.3. The van der Waals surface area contributed by atoms with Crippen molar-refractivity contribution in [3.8, 4) is 17.2 Å². The number of hydrogen-bond donors (Lipinski definition) is 2. The van der Waals surface area contributed by atoms with Gasteiger partial charge in [-0.05, 0) is 47.0 Å². The quantitative estimate of drug-likeness (QED) is 0.673. The number of urea groups is 1. The van der Waals surface area contributed by atoms with Gasteiger partial charge in [0, 0.05) is 24.7 Å². The topological polar surface area (TPSA) is 68.2 Å². The second kappa shape index (κ2) is 7.86. The number of halogens is 1. The molecule has 2 aliphatic rings. The Bertz CT molecular complexity index is 1160. The molecule has 5 nitrogen and oxygen atoms in total. The molecule has 2 amide bonds. The molecule has 2 saturated heterocycles. The summed E-state index contributed by atoms with van der Waals surface area (Å²) in [6.07, 6.45) is 0. The van der Waals surface area contributed by atoms with Crippen LogP contribution >= 0.6 is 0 Å². The summed E-state index contributed by atoms with van der Waals surface area (Å²) in [5.41, 5.74) is 4.37. The van der Waals surface area contributed by atoms with Gasteiger partial charge in [0.1, 0.15) is 5.82 Å². The van der Waals surface area contributed by atoms with Gasteiger partial charge >= 0.3 is 6.03 Å². The molecule has 0 radical (unpaired) electrons. The van der Waals surface area contributed by atoms with Crippen molar-refractivity contribution in [1.29, 1.82) is 5.26 Å². The third-order valence-corrected chi connectivity index (χ3v) is 6.18. The van der Waals surface area contributed by atoms with Crippen molar-refractivity contribution in [2.75, 3.05) is 18.4 Å². The van der Waals surface area contributed by atoms with Gasteiger partial charge in [-0.25, -0.2) is 9.18 Å². The minimum atomic E-state index is -0.374. The van der Waals surface area contributed by atoms with Crippen LogP contribution in [0, 0.1) is 17.1 Å². The van der Waals surface area contributed by atoms with Crippen molar-refractivity contribution in [3.05, 3.63) is 89.7 Å². The Morgan fingerprint density at radius 1 is 1.00 bits per heavy atom. The average molecular weight is 412 g/mol. The first-order chi connectivity index (χ1) is 15.1. The number of carbonyl (C=O) groups is 1. The van der Waals surface area contributed by atoms with E-state index in [1.807, 2.05) is 23.1 Å². The molecule has 0 aromatic heterocycles. The van der Waals surface area contributed by atoms with E-state index in [1.165, 1.54) is 17.7 Å². The predicted molar refractivity (Wildman–Crippen MR) is 117 cm³/mol. The van der Waals surface area contributed by atoms with Gasteiger partial charge in [0.25, 0.3) is 0 Å². The van der Waals surface area contributed by atoms with Crippen molar-refractivity contribution >= 4 is 11.7 Å². The van der Waals surface area contributed by atoms with E-state index in [0.717, 1.165) is 24.2 Å². The van der Waals surface area contributed by atoms with Crippen LogP contribution in [0.3, 0.4) is 0 Å². The highest BCUT2D eigenvalue weighted by molar-refractivity contribution is 5.91. The van der Waals surface area contributed by atoms with Crippen LogP contribution in [0.5, 0.6) is 0 Å². The second-order valence-corrected chi connectivity index (χ2v) is 7.98. The molecule has 5 rings (SSSR count). The van der Waals surface area contributed by atoms with E-state index < -0.39 is 0 Å². The number of anilines is 1. The van der Waals surface area contributed by atoms with E-state index in [1.54, 1.807) is 18.2 Å². The van der Waals surface area contributed by atoms with Crippen LogP contribution in [0.25, 0.3) is 11.1 Å². The van der Waals surface area contributed by atoms with E-state index in [9.17, 15) is 9.18 Å². The van der Waals surface area contributed by atoms with Crippen molar-refractivity contribution in [3.63, 3.8) is 0 Å². The van der Waals surface area contributed by atoms with Gasteiger partial charge < -0.3 is 15.5 Å². The minimum Gasteiger partial charge on any atom is -0.315 e. The summed E-state index contributed by atoms with van der Waals surface area (Å²) in [4.78, 5) is 14.7. The molecule has 3 atom stereocenters. The van der Waals surface area contributed by atoms with Gasteiger partial charge in [-0.1, -0.05) is 42.5 Å². The van der Waals surface area contributed by atoms with Crippen LogP contribution in [0.1, 0.15) is 17.0 Å². The van der Waals surface area contributed by atoms with Gasteiger partial charge in [0.05, 0.1) is 23.7 Å². The van der Waals surface area contributed by atoms with Crippen LogP contribution < -0.4 is 10.6 Å². The van der Waals surface area contributed by atoms with E-state index in [4.69, 9.17) is 5.26 Å². The molecule has 154 valence electrons. The maximum Gasteiger partial charge on any atom is 0.322 e. The first kappa shape index (κ1) is 19.3. The Morgan fingerprint density at radius 3 is 2.45 bits per heavy atom. The van der Waals surface area contributed by atoms with Crippen molar-refractivity contribution in [1.82, 2.24) is 10.2 Å². The molecule has 2 heterocycles. The van der Waals surface area contributed by atoms with Crippen LogP contribution in [0.4, 0.5) is 14.9 Å². The maximum absolute atomic E-state index is 13.4. The molecular weight excluding hydrogens is 391 g/mol. The number of amides is 2. The SMILES string of the molecule is N#Cc1cccc(-c2ccc(C3[C@H]4CNC[C@@H]3N4C(=O)Nc3cccc(F)c3)cc2)c1. The number of piperazine rings is 1. The number of nitrogens with zero attached hydrogens (tertiary/aromatic N) is 2. The molecule has 2 fully saturated rings. The zero-order chi connectivity index (χ0) is 21.4. The molecule has 2 bridgehead atoms. The highest BCUT2D eigenvalue weighted by atomic mass is 19.1. The number of benzene rings is 3. The number of nitrogens with one attached hydrogen (secondary N) is 2. The van der Waals surface area contributed by atoms with Gasteiger partial charge in [-0.2, -0.15) is 5.26 Å². The molecule has 31 heavy (non-hydrogen) atoms. The third-order valence-electron chi connectivity index (χ3n) is 6.18. The van der Waals surface area contributed by atoms with Crippen molar-refractivity contribution < 1.29 is 9.18 Å². The highest BCUT2D eigenvalue weighted by Crippen LogP contribution is 2.43. The first-order valence-electron chi connectivity index (χ1n) is 10.3. The minimum absolute atomic E-state index is 0.0556. The van der Waals surface area contributed by atoms with Gasteiger partial charge in [-0.15, -0.1) is 0 Å². The van der Waals surface area contributed by atoms with Gasteiger partial charge in [-0.3, -0.25) is 0 Å². The monoisotopic (exact) mass is 412 g/mol.